The Morgan fingerprint density at radius 1 is 1.40 bits per heavy atom. The number of hydrogen-bond donors (Lipinski definition) is 0. The van der Waals surface area contributed by atoms with Gasteiger partial charge in [-0.3, -0.25) is 4.79 Å². The van der Waals surface area contributed by atoms with Crippen LogP contribution in [0.25, 0.3) is 0 Å². The SMILES string of the molecule is C[Si](C)(C)CCOC(=O)CCSc1ccc(CCl)cn1. The summed E-state index contributed by atoms with van der Waals surface area (Å²) in [4.78, 5) is 15.8. The maximum Gasteiger partial charge on any atom is 0.306 e. The number of rotatable bonds is 8. The summed E-state index contributed by atoms with van der Waals surface area (Å²) in [6.07, 6.45) is 2.19. The molecule has 0 bridgehead atoms. The van der Waals surface area contributed by atoms with E-state index in [4.69, 9.17) is 16.3 Å². The number of alkyl halides is 1. The fourth-order valence-electron chi connectivity index (χ4n) is 1.36. The Bertz CT molecular complexity index is 420. The van der Waals surface area contributed by atoms with Gasteiger partial charge in [0.25, 0.3) is 0 Å². The number of esters is 1. The van der Waals surface area contributed by atoms with Crippen LogP contribution in [0.5, 0.6) is 0 Å². The van der Waals surface area contributed by atoms with Gasteiger partial charge in [-0.15, -0.1) is 23.4 Å². The molecule has 0 spiro atoms. The van der Waals surface area contributed by atoms with Gasteiger partial charge in [-0.1, -0.05) is 25.7 Å². The third-order valence-corrected chi connectivity index (χ3v) is 5.58. The minimum atomic E-state index is -1.12. The first-order chi connectivity index (χ1) is 9.40. The first-order valence-electron chi connectivity index (χ1n) is 6.70. The quantitative estimate of drug-likeness (QED) is 0.310. The molecule has 0 atom stereocenters. The number of halogens is 1. The van der Waals surface area contributed by atoms with Crippen LogP contribution in [0, 0.1) is 0 Å². The van der Waals surface area contributed by atoms with Gasteiger partial charge in [0.1, 0.15) is 0 Å². The van der Waals surface area contributed by atoms with Gasteiger partial charge >= 0.3 is 5.97 Å². The molecule has 0 radical (unpaired) electrons. The molecule has 6 heteroatoms. The fraction of sp³-hybridized carbons (Fsp3) is 0.571. The van der Waals surface area contributed by atoms with Crippen LogP contribution >= 0.6 is 23.4 Å². The third kappa shape index (κ3) is 7.92. The highest BCUT2D eigenvalue weighted by molar-refractivity contribution is 7.99. The summed E-state index contributed by atoms with van der Waals surface area (Å²) in [5, 5.41) is 0.911. The largest absolute Gasteiger partial charge is 0.466 e. The Kier molecular flexibility index (Phi) is 7.62. The second-order valence-corrected chi connectivity index (χ2v) is 12.8. The number of carbonyl (C=O) groups excluding carboxylic acids is 1. The number of aromatic nitrogens is 1. The van der Waals surface area contributed by atoms with E-state index in [9.17, 15) is 4.79 Å². The molecule has 0 fully saturated rings. The zero-order chi connectivity index (χ0) is 15.0. The summed E-state index contributed by atoms with van der Waals surface area (Å²) in [5.74, 6) is 1.05. The van der Waals surface area contributed by atoms with E-state index < -0.39 is 8.07 Å². The highest BCUT2D eigenvalue weighted by Crippen LogP contribution is 2.17. The monoisotopic (exact) mass is 331 g/mol. The van der Waals surface area contributed by atoms with Crippen molar-refractivity contribution >= 4 is 37.4 Å². The van der Waals surface area contributed by atoms with Crippen molar-refractivity contribution in [3.05, 3.63) is 23.9 Å². The predicted molar refractivity (Wildman–Crippen MR) is 88.2 cm³/mol. The summed E-state index contributed by atoms with van der Waals surface area (Å²) in [6.45, 7) is 7.37. The molecule has 20 heavy (non-hydrogen) atoms. The Hall–Kier alpha value is -0.523. The van der Waals surface area contributed by atoms with Crippen LogP contribution in [0.1, 0.15) is 12.0 Å². The fourth-order valence-corrected chi connectivity index (χ4v) is 3.00. The summed E-state index contributed by atoms with van der Waals surface area (Å²) in [5.41, 5.74) is 1.00. The molecule has 0 aliphatic rings. The van der Waals surface area contributed by atoms with E-state index in [0.29, 0.717) is 24.7 Å². The van der Waals surface area contributed by atoms with Crippen molar-refractivity contribution in [3.63, 3.8) is 0 Å². The molecule has 0 aliphatic carbocycles. The minimum absolute atomic E-state index is 0.117. The maximum atomic E-state index is 11.6. The second-order valence-electron chi connectivity index (χ2n) is 5.77. The molecule has 0 aliphatic heterocycles. The predicted octanol–water partition coefficient (Wildman–Crippen LogP) is 4.18. The molecule has 1 rings (SSSR count). The smallest absolute Gasteiger partial charge is 0.306 e. The highest BCUT2D eigenvalue weighted by Gasteiger charge is 2.13. The first-order valence-corrected chi connectivity index (χ1v) is 11.9. The number of hydrogen-bond acceptors (Lipinski definition) is 4. The van der Waals surface area contributed by atoms with Crippen LogP contribution in [-0.2, 0) is 15.4 Å². The van der Waals surface area contributed by atoms with E-state index in [2.05, 4.69) is 24.6 Å². The van der Waals surface area contributed by atoms with Crippen LogP contribution in [0.15, 0.2) is 23.4 Å². The second kappa shape index (κ2) is 8.69. The van der Waals surface area contributed by atoms with E-state index >= 15 is 0 Å². The normalized spacial score (nSPS) is 11.4. The molecular formula is C14H22ClNO2SSi. The lowest BCUT2D eigenvalue weighted by atomic mass is 10.3. The van der Waals surface area contributed by atoms with Gasteiger partial charge in [-0.25, -0.2) is 4.98 Å². The van der Waals surface area contributed by atoms with Crippen LogP contribution < -0.4 is 0 Å². The van der Waals surface area contributed by atoms with Crippen molar-refractivity contribution in [1.82, 2.24) is 4.98 Å². The van der Waals surface area contributed by atoms with Crippen LogP contribution in [0.4, 0.5) is 0 Å². The van der Waals surface area contributed by atoms with Crippen molar-refractivity contribution in [2.75, 3.05) is 12.4 Å². The molecule has 1 heterocycles. The Labute approximate surface area is 131 Å². The Morgan fingerprint density at radius 3 is 2.70 bits per heavy atom. The molecule has 0 saturated heterocycles. The van der Waals surface area contributed by atoms with Gasteiger partial charge in [0, 0.05) is 25.9 Å². The number of nitrogens with zero attached hydrogens (tertiary/aromatic N) is 1. The molecule has 0 N–H and O–H groups in total. The average Bonchev–Trinajstić information content (AvgIpc) is 2.38. The van der Waals surface area contributed by atoms with Gasteiger partial charge in [-0.2, -0.15) is 0 Å². The van der Waals surface area contributed by atoms with Gasteiger partial charge < -0.3 is 4.74 Å². The Morgan fingerprint density at radius 2 is 2.15 bits per heavy atom. The molecule has 1 aromatic rings. The molecule has 0 unspecified atom stereocenters. The third-order valence-electron chi connectivity index (χ3n) is 2.62. The molecular weight excluding hydrogens is 310 g/mol. The first kappa shape index (κ1) is 17.5. The van der Waals surface area contributed by atoms with Gasteiger partial charge in [0.15, 0.2) is 0 Å². The van der Waals surface area contributed by atoms with Crippen molar-refractivity contribution in [2.24, 2.45) is 0 Å². The minimum Gasteiger partial charge on any atom is -0.466 e. The van der Waals surface area contributed by atoms with Crippen molar-refractivity contribution in [3.8, 4) is 0 Å². The summed E-state index contributed by atoms with van der Waals surface area (Å²) >= 11 is 7.26. The van der Waals surface area contributed by atoms with Crippen LogP contribution in [-0.4, -0.2) is 31.4 Å². The van der Waals surface area contributed by atoms with Gasteiger partial charge in [-0.05, 0) is 17.7 Å². The van der Waals surface area contributed by atoms with E-state index in [1.165, 1.54) is 0 Å². The Balaban J connectivity index is 2.18. The standard InChI is InChI=1S/C14H22ClNO2SSi/c1-20(2,3)9-7-18-14(17)6-8-19-13-5-4-12(10-15)11-16-13/h4-5,11H,6-10H2,1-3H3. The number of thioether (sulfide) groups is 1. The lowest BCUT2D eigenvalue weighted by Crippen LogP contribution is -2.22. The summed E-state index contributed by atoms with van der Waals surface area (Å²) in [6, 6.07) is 4.90. The van der Waals surface area contributed by atoms with E-state index in [0.717, 1.165) is 16.6 Å². The van der Waals surface area contributed by atoms with Crippen molar-refractivity contribution < 1.29 is 9.53 Å². The lowest BCUT2D eigenvalue weighted by molar-refractivity contribution is -0.142. The zero-order valence-corrected chi connectivity index (χ0v) is 14.9. The molecule has 112 valence electrons. The van der Waals surface area contributed by atoms with Crippen molar-refractivity contribution in [2.45, 2.75) is 43.0 Å². The van der Waals surface area contributed by atoms with Crippen LogP contribution in [0.2, 0.25) is 25.7 Å². The molecule has 0 aromatic carbocycles. The zero-order valence-electron chi connectivity index (χ0n) is 12.3. The molecule has 0 saturated carbocycles. The van der Waals surface area contributed by atoms with Crippen LogP contribution in [0.3, 0.4) is 0 Å². The van der Waals surface area contributed by atoms with Crippen molar-refractivity contribution in [1.29, 1.82) is 0 Å². The van der Waals surface area contributed by atoms with E-state index in [-0.39, 0.29) is 5.97 Å². The number of carbonyl (C=O) groups is 1. The van der Waals surface area contributed by atoms with Gasteiger partial charge in [0.2, 0.25) is 0 Å². The van der Waals surface area contributed by atoms with E-state index in [1.54, 1.807) is 18.0 Å². The summed E-state index contributed by atoms with van der Waals surface area (Å²) in [7, 11) is -1.12. The average molecular weight is 332 g/mol. The van der Waals surface area contributed by atoms with Gasteiger partial charge in [0.05, 0.1) is 18.1 Å². The number of ether oxygens (including phenoxy) is 1. The number of pyridine rings is 1. The highest BCUT2D eigenvalue weighted by atomic mass is 35.5. The molecule has 0 amide bonds. The summed E-state index contributed by atoms with van der Waals surface area (Å²) < 4.78 is 5.24. The van der Waals surface area contributed by atoms with E-state index in [1.807, 2.05) is 12.1 Å². The molecule has 1 aromatic heterocycles. The molecule has 3 nitrogen and oxygen atoms in total. The maximum absolute atomic E-state index is 11.6. The topological polar surface area (TPSA) is 39.2 Å². The lowest BCUT2D eigenvalue weighted by Gasteiger charge is -2.15.